The molecule has 0 heterocycles. The molecule has 1 saturated carbocycles. The van der Waals surface area contributed by atoms with Gasteiger partial charge in [0.2, 0.25) is 10.0 Å². The molecule has 22 heavy (non-hydrogen) atoms. The minimum Gasteiger partial charge on any atom is -0.338 e. The van der Waals surface area contributed by atoms with Crippen molar-refractivity contribution in [3.8, 4) is 0 Å². The van der Waals surface area contributed by atoms with Gasteiger partial charge < -0.3 is 10.6 Å². The van der Waals surface area contributed by atoms with Gasteiger partial charge in [-0.05, 0) is 49.8 Å². The Kier molecular flexibility index (Phi) is 5.20. The largest absolute Gasteiger partial charge is 0.338 e. The minimum absolute atomic E-state index is 0.0858. The quantitative estimate of drug-likeness (QED) is 0.739. The number of rotatable bonds is 6. The monoisotopic (exact) mass is 323 g/mol. The molecule has 120 valence electrons. The van der Waals surface area contributed by atoms with Gasteiger partial charge in [-0.25, -0.2) is 18.4 Å². The van der Waals surface area contributed by atoms with Gasteiger partial charge in [-0.15, -0.1) is 0 Å². The van der Waals surface area contributed by atoms with E-state index in [4.69, 9.17) is 5.14 Å². The van der Waals surface area contributed by atoms with Crippen LogP contribution in [0.1, 0.15) is 25.3 Å². The molecule has 0 spiro atoms. The molecule has 0 unspecified atom stereocenters. The van der Waals surface area contributed by atoms with E-state index in [0.29, 0.717) is 18.9 Å². The molecule has 4 N–H and O–H groups in total. The normalized spacial score (nSPS) is 15.5. The molecule has 0 saturated heterocycles. The summed E-state index contributed by atoms with van der Waals surface area (Å²) in [6, 6.07) is 6.08. The molecule has 7 heteroatoms. The number of hydrogen-bond donors (Lipinski definition) is 3. The van der Waals surface area contributed by atoms with Crippen LogP contribution < -0.4 is 15.8 Å². The Morgan fingerprint density at radius 2 is 1.95 bits per heavy atom. The summed E-state index contributed by atoms with van der Waals surface area (Å²) in [4.78, 5) is 11.7. The second-order valence-corrected chi connectivity index (χ2v) is 7.06. The number of nitrogens with two attached hydrogens (primary N) is 1. The van der Waals surface area contributed by atoms with Gasteiger partial charge in [-0.1, -0.05) is 17.7 Å². The van der Waals surface area contributed by atoms with Gasteiger partial charge in [0, 0.05) is 12.7 Å². The summed E-state index contributed by atoms with van der Waals surface area (Å²) in [5.74, 6) is 0.637. The molecule has 0 atom stereocenters. The Balaban J connectivity index is 1.73. The predicted molar refractivity (Wildman–Crippen MR) is 84.5 cm³/mol. The van der Waals surface area contributed by atoms with Crippen LogP contribution in [0.3, 0.4) is 0 Å². The van der Waals surface area contributed by atoms with Gasteiger partial charge in [0.15, 0.2) is 0 Å². The van der Waals surface area contributed by atoms with Crippen molar-refractivity contribution in [1.29, 1.82) is 0 Å². The first-order valence-electron chi connectivity index (χ1n) is 7.19. The number of carbonyl (C=O) groups is 1. The van der Waals surface area contributed by atoms with Crippen LogP contribution in [0.15, 0.2) is 40.9 Å². The number of carbonyl (C=O) groups excluding carboxylic acids is 1. The highest BCUT2D eigenvalue weighted by Crippen LogP contribution is 2.35. The first-order valence-corrected chi connectivity index (χ1v) is 8.73. The Labute approximate surface area is 130 Å². The molecule has 2 rings (SSSR count). The van der Waals surface area contributed by atoms with Crippen LogP contribution in [0.2, 0.25) is 0 Å². The standard InChI is InChI=1S/C15H21N3O3S/c1-11(13-4-5-13)10-18-15(19)17-9-8-12-2-6-14(7-3-12)22(16,20)21/h2-3,6-7,10,13H,4-5,8-9H2,1H3,(H2,16,20,21)(H2,17,18,19)/b11-10+. The number of primary sulfonamides is 1. The van der Waals surface area contributed by atoms with Crippen LogP contribution in [0.25, 0.3) is 0 Å². The van der Waals surface area contributed by atoms with Crippen LogP contribution in [0.5, 0.6) is 0 Å². The number of nitrogens with one attached hydrogen (secondary N) is 2. The molecule has 6 nitrogen and oxygen atoms in total. The topological polar surface area (TPSA) is 101 Å². The fourth-order valence-corrected chi connectivity index (χ4v) is 2.57. The van der Waals surface area contributed by atoms with E-state index in [2.05, 4.69) is 10.6 Å². The summed E-state index contributed by atoms with van der Waals surface area (Å²) < 4.78 is 22.3. The smallest absolute Gasteiger partial charge is 0.318 e. The molecule has 2 amide bonds. The van der Waals surface area contributed by atoms with Crippen LogP contribution in [0.4, 0.5) is 4.79 Å². The SMILES string of the molecule is C/C(=C\NC(=O)NCCc1ccc(S(N)(=O)=O)cc1)C1CC1. The van der Waals surface area contributed by atoms with E-state index in [0.717, 1.165) is 5.56 Å². The average molecular weight is 323 g/mol. The zero-order valence-electron chi connectivity index (χ0n) is 12.5. The lowest BCUT2D eigenvalue weighted by molar-refractivity contribution is 0.244. The lowest BCUT2D eigenvalue weighted by atomic mass is 10.1. The number of benzene rings is 1. The van der Waals surface area contributed by atoms with Gasteiger partial charge in [0.1, 0.15) is 0 Å². The van der Waals surface area contributed by atoms with Crippen molar-refractivity contribution >= 4 is 16.1 Å². The zero-order chi connectivity index (χ0) is 16.2. The highest BCUT2D eigenvalue weighted by Gasteiger charge is 2.22. The Morgan fingerprint density at radius 1 is 1.32 bits per heavy atom. The van der Waals surface area contributed by atoms with Gasteiger partial charge in [0.05, 0.1) is 4.90 Å². The first-order chi connectivity index (χ1) is 10.4. The fourth-order valence-electron chi connectivity index (χ4n) is 2.05. The van der Waals surface area contributed by atoms with E-state index in [1.807, 2.05) is 6.92 Å². The number of hydrogen-bond acceptors (Lipinski definition) is 3. The van der Waals surface area contributed by atoms with Crippen molar-refractivity contribution < 1.29 is 13.2 Å². The van der Waals surface area contributed by atoms with Crippen molar-refractivity contribution in [3.05, 3.63) is 41.6 Å². The van der Waals surface area contributed by atoms with E-state index in [-0.39, 0.29) is 10.9 Å². The highest BCUT2D eigenvalue weighted by molar-refractivity contribution is 7.89. The summed E-state index contributed by atoms with van der Waals surface area (Å²) in [5, 5.41) is 10.5. The number of amides is 2. The molecule has 1 aliphatic rings. The molecule has 1 fully saturated rings. The maximum atomic E-state index is 11.6. The molecular weight excluding hydrogens is 302 g/mol. The summed E-state index contributed by atoms with van der Waals surface area (Å²) in [7, 11) is -3.66. The summed E-state index contributed by atoms with van der Waals surface area (Å²) in [5.41, 5.74) is 2.13. The number of sulfonamides is 1. The lowest BCUT2D eigenvalue weighted by Gasteiger charge is -2.06. The van der Waals surface area contributed by atoms with Crippen molar-refractivity contribution in [1.82, 2.24) is 10.6 Å². The summed E-state index contributed by atoms with van der Waals surface area (Å²) >= 11 is 0. The number of urea groups is 1. The minimum atomic E-state index is -3.66. The Morgan fingerprint density at radius 3 is 2.50 bits per heavy atom. The second kappa shape index (κ2) is 6.93. The van der Waals surface area contributed by atoms with Gasteiger partial charge in [0.25, 0.3) is 0 Å². The third-order valence-electron chi connectivity index (χ3n) is 3.60. The van der Waals surface area contributed by atoms with Crippen LogP contribution in [-0.2, 0) is 16.4 Å². The van der Waals surface area contributed by atoms with Gasteiger partial charge in [-0.2, -0.15) is 0 Å². The van der Waals surface area contributed by atoms with Crippen LogP contribution >= 0.6 is 0 Å². The van der Waals surface area contributed by atoms with E-state index in [1.54, 1.807) is 18.3 Å². The van der Waals surface area contributed by atoms with Crippen molar-refractivity contribution in [2.75, 3.05) is 6.54 Å². The van der Waals surface area contributed by atoms with Crippen molar-refractivity contribution in [3.63, 3.8) is 0 Å². The molecule has 0 radical (unpaired) electrons. The molecule has 0 aromatic heterocycles. The third kappa shape index (κ3) is 5.16. The Bertz CT molecular complexity index is 662. The van der Waals surface area contributed by atoms with Crippen LogP contribution in [-0.4, -0.2) is 21.0 Å². The summed E-state index contributed by atoms with van der Waals surface area (Å²) in [6.07, 6.45) is 4.79. The molecule has 1 aliphatic carbocycles. The fraction of sp³-hybridized carbons (Fsp3) is 0.400. The maximum Gasteiger partial charge on any atom is 0.318 e. The third-order valence-corrected chi connectivity index (χ3v) is 4.53. The zero-order valence-corrected chi connectivity index (χ0v) is 13.3. The Hall–Kier alpha value is -1.86. The predicted octanol–water partition coefficient (Wildman–Crippen LogP) is 1.49. The maximum absolute atomic E-state index is 11.6. The summed E-state index contributed by atoms with van der Waals surface area (Å²) in [6.45, 7) is 2.49. The number of allylic oxidation sites excluding steroid dienone is 1. The van der Waals surface area contributed by atoms with E-state index in [9.17, 15) is 13.2 Å². The molecule has 0 bridgehead atoms. The highest BCUT2D eigenvalue weighted by atomic mass is 32.2. The first kappa shape index (κ1) is 16.5. The van der Waals surface area contributed by atoms with E-state index in [1.165, 1.54) is 30.5 Å². The second-order valence-electron chi connectivity index (χ2n) is 5.50. The van der Waals surface area contributed by atoms with Crippen molar-refractivity contribution in [2.24, 2.45) is 11.1 Å². The van der Waals surface area contributed by atoms with Gasteiger partial charge in [-0.3, -0.25) is 0 Å². The average Bonchev–Trinajstić information content (AvgIpc) is 3.29. The lowest BCUT2D eigenvalue weighted by Crippen LogP contribution is -2.33. The van der Waals surface area contributed by atoms with E-state index < -0.39 is 10.0 Å². The van der Waals surface area contributed by atoms with Crippen LogP contribution in [0, 0.1) is 5.92 Å². The molecule has 1 aromatic carbocycles. The molecule has 0 aliphatic heterocycles. The van der Waals surface area contributed by atoms with Crippen molar-refractivity contribution in [2.45, 2.75) is 31.1 Å². The van der Waals surface area contributed by atoms with Gasteiger partial charge >= 0.3 is 6.03 Å². The van der Waals surface area contributed by atoms with E-state index >= 15 is 0 Å². The molecule has 1 aromatic rings. The molecular formula is C15H21N3O3S.